The molecule has 2 aromatic carbocycles. The second-order valence-corrected chi connectivity index (χ2v) is 5.92. The highest BCUT2D eigenvalue weighted by Crippen LogP contribution is 2.08. The van der Waals surface area contributed by atoms with Gasteiger partial charge >= 0.3 is 5.97 Å². The number of rotatable bonds is 8. The van der Waals surface area contributed by atoms with Crippen LogP contribution in [0.1, 0.15) is 33.5 Å². The van der Waals surface area contributed by atoms with E-state index in [9.17, 15) is 9.59 Å². The molecule has 0 spiro atoms. The van der Waals surface area contributed by atoms with Gasteiger partial charge in [0.1, 0.15) is 5.84 Å². The van der Waals surface area contributed by atoms with Crippen molar-refractivity contribution in [3.8, 4) is 0 Å². The zero-order valence-corrected chi connectivity index (χ0v) is 16.0. The van der Waals surface area contributed by atoms with Gasteiger partial charge in [0.25, 0.3) is 5.91 Å². The van der Waals surface area contributed by atoms with Crippen LogP contribution in [0.25, 0.3) is 0 Å². The highest BCUT2D eigenvalue weighted by molar-refractivity contribution is 5.98. The van der Waals surface area contributed by atoms with Gasteiger partial charge in [-0.05, 0) is 36.1 Å². The van der Waals surface area contributed by atoms with E-state index in [2.05, 4.69) is 10.1 Å². The first-order chi connectivity index (χ1) is 12.5. The third-order valence-electron chi connectivity index (χ3n) is 3.98. The number of ether oxygens (including phenoxy) is 1. The van der Waals surface area contributed by atoms with Crippen molar-refractivity contribution < 1.29 is 14.3 Å². The largest absolute Gasteiger partial charge is 0.469 e. The maximum atomic E-state index is 12.1. The van der Waals surface area contributed by atoms with E-state index in [-0.39, 0.29) is 36.5 Å². The summed E-state index contributed by atoms with van der Waals surface area (Å²) in [7, 11) is 1.38. The smallest absolute Gasteiger partial charge is 0.309 e. The van der Waals surface area contributed by atoms with Gasteiger partial charge in [-0.25, -0.2) is 0 Å². The van der Waals surface area contributed by atoms with Crippen LogP contribution in [0.2, 0.25) is 0 Å². The molecule has 6 nitrogen and oxygen atoms in total. The van der Waals surface area contributed by atoms with Gasteiger partial charge in [-0.2, -0.15) is 0 Å². The highest BCUT2D eigenvalue weighted by Gasteiger charge is 2.06. The lowest BCUT2D eigenvalue weighted by Gasteiger charge is -2.07. The summed E-state index contributed by atoms with van der Waals surface area (Å²) in [6.07, 6.45) is 1.92. The van der Waals surface area contributed by atoms with E-state index in [0.717, 1.165) is 24.0 Å². The van der Waals surface area contributed by atoms with Crippen LogP contribution < -0.4 is 11.1 Å². The standard InChI is InChI=1S/C20H23N3O3.ClH/c1-26-18(24)13-15-6-4-14(5-7-15)3-2-12-23-20(25)17-10-8-16(9-11-17)19(21)22;/h4-11H,2-3,12-13H2,1H3,(H3,21,22)(H,23,25);1H. The van der Waals surface area contributed by atoms with Crippen molar-refractivity contribution in [1.82, 2.24) is 5.32 Å². The summed E-state index contributed by atoms with van der Waals surface area (Å²) in [6, 6.07) is 14.4. The third-order valence-corrected chi connectivity index (χ3v) is 3.98. The van der Waals surface area contributed by atoms with E-state index in [4.69, 9.17) is 11.1 Å². The first kappa shape index (κ1) is 22.2. The molecule has 0 saturated carbocycles. The molecule has 0 radical (unpaired) electrons. The Hall–Kier alpha value is -2.86. The molecule has 144 valence electrons. The number of esters is 1. The Morgan fingerprint density at radius 3 is 2.11 bits per heavy atom. The fourth-order valence-electron chi connectivity index (χ4n) is 2.46. The van der Waals surface area contributed by atoms with Crippen LogP contribution >= 0.6 is 12.4 Å². The van der Waals surface area contributed by atoms with E-state index in [0.29, 0.717) is 17.7 Å². The Morgan fingerprint density at radius 2 is 1.56 bits per heavy atom. The Labute approximate surface area is 165 Å². The van der Waals surface area contributed by atoms with Crippen LogP contribution in [0.5, 0.6) is 0 Å². The summed E-state index contributed by atoms with van der Waals surface area (Å²) in [4.78, 5) is 23.3. The Morgan fingerprint density at radius 1 is 1.00 bits per heavy atom. The predicted molar refractivity (Wildman–Crippen MR) is 108 cm³/mol. The lowest BCUT2D eigenvalue weighted by atomic mass is 10.1. The Kier molecular flexibility index (Phi) is 9.02. The van der Waals surface area contributed by atoms with E-state index >= 15 is 0 Å². The normalized spacial score (nSPS) is 9.81. The number of nitrogen functional groups attached to an aromatic ring is 1. The van der Waals surface area contributed by atoms with Crippen LogP contribution in [0.3, 0.4) is 0 Å². The number of nitrogens with two attached hydrogens (primary N) is 1. The number of amides is 1. The quantitative estimate of drug-likeness (QED) is 0.279. The summed E-state index contributed by atoms with van der Waals surface area (Å²) in [6.45, 7) is 0.567. The van der Waals surface area contributed by atoms with Crippen LogP contribution in [-0.4, -0.2) is 31.4 Å². The zero-order valence-electron chi connectivity index (χ0n) is 15.2. The SMILES string of the molecule is COC(=O)Cc1ccc(CCCNC(=O)c2ccc(C(=N)N)cc2)cc1.Cl. The summed E-state index contributed by atoms with van der Waals surface area (Å²) in [5, 5.41) is 10.2. The Bertz CT molecular complexity index is 774. The second kappa shape index (κ2) is 11.0. The Balaban J connectivity index is 0.00000364. The van der Waals surface area contributed by atoms with Gasteiger partial charge in [0.05, 0.1) is 13.5 Å². The number of methoxy groups -OCH3 is 1. The van der Waals surface area contributed by atoms with Crippen molar-refractivity contribution in [1.29, 1.82) is 5.41 Å². The van der Waals surface area contributed by atoms with Gasteiger partial charge in [0, 0.05) is 17.7 Å². The van der Waals surface area contributed by atoms with Gasteiger partial charge in [0.15, 0.2) is 0 Å². The number of carbonyl (C=O) groups excluding carboxylic acids is 2. The van der Waals surface area contributed by atoms with E-state index in [1.54, 1.807) is 24.3 Å². The molecule has 27 heavy (non-hydrogen) atoms. The summed E-state index contributed by atoms with van der Waals surface area (Å²) >= 11 is 0. The minimum atomic E-state index is -0.253. The molecule has 0 aliphatic rings. The molecular formula is C20H24ClN3O3. The summed E-state index contributed by atoms with van der Waals surface area (Å²) in [5.74, 6) is -0.417. The van der Waals surface area contributed by atoms with Gasteiger partial charge < -0.3 is 15.8 Å². The van der Waals surface area contributed by atoms with Crippen molar-refractivity contribution in [2.45, 2.75) is 19.3 Å². The minimum absolute atomic E-state index is 0. The van der Waals surface area contributed by atoms with E-state index in [1.807, 2.05) is 24.3 Å². The number of nitrogens with one attached hydrogen (secondary N) is 2. The molecule has 0 heterocycles. The molecule has 2 rings (SSSR count). The second-order valence-electron chi connectivity index (χ2n) is 5.92. The minimum Gasteiger partial charge on any atom is -0.469 e. The molecule has 0 bridgehead atoms. The van der Waals surface area contributed by atoms with E-state index in [1.165, 1.54) is 7.11 Å². The van der Waals surface area contributed by atoms with Gasteiger partial charge in [-0.3, -0.25) is 15.0 Å². The van der Waals surface area contributed by atoms with Gasteiger partial charge in [0.2, 0.25) is 0 Å². The topological polar surface area (TPSA) is 105 Å². The van der Waals surface area contributed by atoms with Crippen LogP contribution in [0.4, 0.5) is 0 Å². The van der Waals surface area contributed by atoms with Crippen molar-refractivity contribution in [3.63, 3.8) is 0 Å². The molecular weight excluding hydrogens is 366 g/mol. The van der Waals surface area contributed by atoms with Crippen molar-refractivity contribution >= 4 is 30.1 Å². The van der Waals surface area contributed by atoms with Crippen molar-refractivity contribution in [2.24, 2.45) is 5.73 Å². The number of carbonyl (C=O) groups is 2. The number of hydrogen-bond donors (Lipinski definition) is 3. The molecule has 2 aromatic rings. The fraction of sp³-hybridized carbons (Fsp3) is 0.250. The average molecular weight is 390 g/mol. The molecule has 1 amide bonds. The van der Waals surface area contributed by atoms with Crippen molar-refractivity contribution in [2.75, 3.05) is 13.7 Å². The number of hydrogen-bond acceptors (Lipinski definition) is 4. The first-order valence-electron chi connectivity index (χ1n) is 8.37. The monoisotopic (exact) mass is 389 g/mol. The lowest BCUT2D eigenvalue weighted by Crippen LogP contribution is -2.24. The molecule has 0 aliphatic heterocycles. The van der Waals surface area contributed by atoms with Crippen LogP contribution in [0, 0.1) is 5.41 Å². The molecule has 7 heteroatoms. The van der Waals surface area contributed by atoms with Crippen LogP contribution in [0.15, 0.2) is 48.5 Å². The molecule has 0 saturated heterocycles. The summed E-state index contributed by atoms with van der Waals surface area (Å²) < 4.78 is 4.65. The summed E-state index contributed by atoms with van der Waals surface area (Å²) in [5.41, 5.74) is 8.60. The average Bonchev–Trinajstić information content (AvgIpc) is 2.66. The lowest BCUT2D eigenvalue weighted by molar-refractivity contribution is -0.139. The number of amidine groups is 1. The highest BCUT2D eigenvalue weighted by atomic mass is 35.5. The number of benzene rings is 2. The molecule has 0 aliphatic carbocycles. The van der Waals surface area contributed by atoms with Gasteiger partial charge in [-0.1, -0.05) is 36.4 Å². The third kappa shape index (κ3) is 7.11. The fourth-order valence-corrected chi connectivity index (χ4v) is 2.46. The van der Waals surface area contributed by atoms with Gasteiger partial charge in [-0.15, -0.1) is 12.4 Å². The number of aryl methyl sites for hydroxylation is 1. The van der Waals surface area contributed by atoms with E-state index < -0.39 is 0 Å². The maximum Gasteiger partial charge on any atom is 0.309 e. The predicted octanol–water partition coefficient (Wildman–Crippen LogP) is 2.47. The molecule has 0 fully saturated rings. The van der Waals surface area contributed by atoms with Crippen molar-refractivity contribution in [3.05, 3.63) is 70.8 Å². The maximum absolute atomic E-state index is 12.1. The molecule has 0 atom stereocenters. The molecule has 0 unspecified atom stereocenters. The zero-order chi connectivity index (χ0) is 18.9. The van der Waals surface area contributed by atoms with Crippen LogP contribution in [-0.2, 0) is 22.4 Å². The number of halogens is 1. The molecule has 0 aromatic heterocycles. The first-order valence-corrected chi connectivity index (χ1v) is 8.37. The molecule has 4 N–H and O–H groups in total.